The Labute approximate surface area is 153 Å². The largest absolute Gasteiger partial charge is 0.478 e. The first-order valence-electron chi connectivity index (χ1n) is 8.36. The molecule has 0 aliphatic heterocycles. The highest BCUT2D eigenvalue weighted by Crippen LogP contribution is 2.28. The normalized spacial score (nSPS) is 18.4. The molecule has 1 aliphatic carbocycles. The fourth-order valence-corrected chi connectivity index (χ4v) is 2.77. The Hall–Kier alpha value is -3.37. The summed E-state index contributed by atoms with van der Waals surface area (Å²) in [6.07, 6.45) is 2.53. The van der Waals surface area contributed by atoms with Crippen molar-refractivity contribution in [2.45, 2.75) is 18.6 Å². The minimum Gasteiger partial charge on any atom is -0.478 e. The van der Waals surface area contributed by atoms with E-state index in [0.29, 0.717) is 35.1 Å². The number of carbonyl (C=O) groups excluding carboxylic acids is 1. The second-order valence-corrected chi connectivity index (χ2v) is 6.25. The van der Waals surface area contributed by atoms with Crippen LogP contribution in [-0.2, 0) is 7.05 Å². The van der Waals surface area contributed by atoms with Gasteiger partial charge in [-0.3, -0.25) is 9.48 Å². The number of amides is 1. The summed E-state index contributed by atoms with van der Waals surface area (Å²) >= 11 is 0. The fourth-order valence-electron chi connectivity index (χ4n) is 2.77. The topological polar surface area (TPSA) is 110 Å². The molecule has 4 rings (SSSR count). The zero-order valence-corrected chi connectivity index (χ0v) is 15.0. The Balaban J connectivity index is 1.71. The van der Waals surface area contributed by atoms with Crippen molar-refractivity contribution in [3.05, 3.63) is 24.2 Å². The number of ether oxygens (including phenoxy) is 1. The molecule has 10 nitrogen and oxygen atoms in total. The molecule has 0 unspecified atom stereocenters. The van der Waals surface area contributed by atoms with Crippen LogP contribution < -0.4 is 20.7 Å². The van der Waals surface area contributed by atoms with Gasteiger partial charge in [-0.2, -0.15) is 0 Å². The molecule has 3 aromatic rings. The van der Waals surface area contributed by atoms with Gasteiger partial charge in [-0.25, -0.2) is 13.9 Å². The molecule has 0 aromatic carbocycles. The number of anilines is 3. The summed E-state index contributed by atoms with van der Waals surface area (Å²) in [5, 5.41) is 17.4. The Morgan fingerprint density at radius 3 is 2.81 bits per heavy atom. The van der Waals surface area contributed by atoms with Gasteiger partial charge in [0, 0.05) is 26.6 Å². The number of halogens is 1. The van der Waals surface area contributed by atoms with Gasteiger partial charge in [0.2, 0.25) is 0 Å². The summed E-state index contributed by atoms with van der Waals surface area (Å²) in [6.45, 7) is 0. The molecule has 1 aliphatic rings. The number of hydrogen-bond donors (Lipinski definition) is 3. The van der Waals surface area contributed by atoms with Gasteiger partial charge in [0.05, 0.1) is 31.2 Å². The van der Waals surface area contributed by atoms with Crippen LogP contribution in [0.2, 0.25) is 0 Å². The van der Waals surface area contributed by atoms with Gasteiger partial charge in [-0.05, 0) is 0 Å². The highest BCUT2D eigenvalue weighted by Gasteiger charge is 2.39. The molecule has 0 radical (unpaired) electrons. The highest BCUT2D eigenvalue weighted by atomic mass is 19.1. The van der Waals surface area contributed by atoms with E-state index in [1.54, 1.807) is 31.0 Å². The summed E-state index contributed by atoms with van der Waals surface area (Å²) in [6, 6.07) is 1.32. The van der Waals surface area contributed by atoms with E-state index in [0.717, 1.165) is 0 Å². The van der Waals surface area contributed by atoms with Gasteiger partial charge in [-0.15, -0.1) is 10.2 Å². The number of fused-ring (bicyclic) bond motifs is 1. The quantitative estimate of drug-likeness (QED) is 0.592. The van der Waals surface area contributed by atoms with Crippen LogP contribution in [0.15, 0.2) is 18.5 Å². The van der Waals surface area contributed by atoms with Crippen molar-refractivity contribution in [2.24, 2.45) is 7.05 Å². The lowest BCUT2D eigenvalue weighted by molar-refractivity contribution is 0.0940. The molecule has 1 saturated carbocycles. The number of aromatic nitrogens is 5. The Kier molecular flexibility index (Phi) is 4.05. The van der Waals surface area contributed by atoms with Crippen LogP contribution in [0.3, 0.4) is 0 Å². The summed E-state index contributed by atoms with van der Waals surface area (Å²) < 4.78 is 21.4. The zero-order valence-electron chi connectivity index (χ0n) is 15.0. The molecular weight excluding hydrogens is 355 g/mol. The summed E-state index contributed by atoms with van der Waals surface area (Å²) in [4.78, 5) is 16.7. The molecule has 3 aromatic heterocycles. The summed E-state index contributed by atoms with van der Waals surface area (Å²) in [7, 11) is 5.05. The lowest BCUT2D eigenvalue weighted by atomic mass is 10.4. The van der Waals surface area contributed by atoms with Crippen LogP contribution in [0, 0.1) is 0 Å². The monoisotopic (exact) mass is 374 g/mol. The second-order valence-electron chi connectivity index (χ2n) is 6.25. The molecule has 3 N–H and O–H groups in total. The van der Waals surface area contributed by atoms with Gasteiger partial charge in [-0.1, -0.05) is 0 Å². The van der Waals surface area contributed by atoms with Crippen molar-refractivity contribution in [3.8, 4) is 5.88 Å². The highest BCUT2D eigenvalue weighted by molar-refractivity contribution is 5.94. The number of imidazole rings is 1. The third-order valence-electron chi connectivity index (χ3n) is 4.25. The van der Waals surface area contributed by atoms with Crippen molar-refractivity contribution in [1.29, 1.82) is 0 Å². The predicted octanol–water partition coefficient (Wildman–Crippen LogP) is 1.10. The average molecular weight is 374 g/mol. The average Bonchev–Trinajstić information content (AvgIpc) is 3.04. The molecule has 1 amide bonds. The van der Waals surface area contributed by atoms with E-state index in [2.05, 4.69) is 31.1 Å². The van der Waals surface area contributed by atoms with Gasteiger partial charge in [0.15, 0.2) is 17.2 Å². The number of rotatable bonds is 6. The number of hydrogen-bond acceptors (Lipinski definition) is 7. The SMILES string of the molecule is CNc1cc(Nc2cn(C)nc2OC)nn2c(C(=O)N[C@@H]3C[C@@H]3F)cnc12. The molecule has 2 atom stereocenters. The van der Waals surface area contributed by atoms with Crippen molar-refractivity contribution in [3.63, 3.8) is 0 Å². The number of aryl methyl sites for hydroxylation is 1. The van der Waals surface area contributed by atoms with E-state index >= 15 is 0 Å². The molecule has 27 heavy (non-hydrogen) atoms. The van der Waals surface area contributed by atoms with Gasteiger partial charge >= 0.3 is 0 Å². The summed E-state index contributed by atoms with van der Waals surface area (Å²) in [5.74, 6) is 0.454. The van der Waals surface area contributed by atoms with Crippen molar-refractivity contribution >= 4 is 28.7 Å². The van der Waals surface area contributed by atoms with Crippen molar-refractivity contribution in [2.75, 3.05) is 24.8 Å². The number of methoxy groups -OCH3 is 1. The molecule has 0 saturated heterocycles. The molecule has 3 heterocycles. The van der Waals surface area contributed by atoms with E-state index in [1.807, 2.05) is 0 Å². The second kappa shape index (κ2) is 6.41. The standard InChI is InChI=1S/C16H19FN8O2/c1-18-10-5-13(20-11-7-24(2)23-16(11)27-3)22-25-12(6-19-14(10)25)15(26)21-9-4-8(9)17/h5-9,18H,4H2,1-3H3,(H,20,22)(H,21,26)/t8-,9+/m0/s1. The van der Waals surface area contributed by atoms with E-state index in [-0.39, 0.29) is 5.69 Å². The zero-order chi connectivity index (χ0) is 19.1. The number of nitrogens with zero attached hydrogens (tertiary/aromatic N) is 5. The maximum Gasteiger partial charge on any atom is 0.271 e. The first-order chi connectivity index (χ1) is 13.0. The molecule has 1 fully saturated rings. The van der Waals surface area contributed by atoms with Gasteiger partial charge in [0.1, 0.15) is 11.9 Å². The third-order valence-corrected chi connectivity index (χ3v) is 4.25. The number of nitrogens with one attached hydrogen (secondary N) is 3. The van der Waals surface area contributed by atoms with Crippen LogP contribution in [-0.4, -0.2) is 56.7 Å². The van der Waals surface area contributed by atoms with Crippen LogP contribution in [0.25, 0.3) is 5.65 Å². The molecule has 0 bridgehead atoms. The molecular formula is C16H19FN8O2. The number of alkyl halides is 1. The molecule has 0 spiro atoms. The summed E-state index contributed by atoms with van der Waals surface area (Å²) in [5.41, 5.74) is 2.00. The Bertz CT molecular complexity index is 1010. The van der Waals surface area contributed by atoms with Gasteiger partial charge < -0.3 is 20.7 Å². The molecule has 11 heteroatoms. The van der Waals surface area contributed by atoms with Crippen molar-refractivity contribution in [1.82, 2.24) is 29.7 Å². The van der Waals surface area contributed by atoms with E-state index < -0.39 is 18.1 Å². The Morgan fingerprint density at radius 1 is 1.37 bits per heavy atom. The lowest BCUT2D eigenvalue weighted by Crippen LogP contribution is -2.28. The van der Waals surface area contributed by atoms with E-state index in [1.165, 1.54) is 17.8 Å². The Morgan fingerprint density at radius 2 is 2.15 bits per heavy atom. The van der Waals surface area contributed by atoms with Gasteiger partial charge in [0.25, 0.3) is 11.8 Å². The van der Waals surface area contributed by atoms with E-state index in [9.17, 15) is 9.18 Å². The molecule has 142 valence electrons. The van der Waals surface area contributed by atoms with Crippen molar-refractivity contribution < 1.29 is 13.9 Å². The lowest BCUT2D eigenvalue weighted by Gasteiger charge is -2.10. The first kappa shape index (κ1) is 17.1. The van der Waals surface area contributed by atoms with Crippen LogP contribution >= 0.6 is 0 Å². The fraction of sp³-hybridized carbons (Fsp3) is 0.375. The first-order valence-corrected chi connectivity index (χ1v) is 8.36. The van der Waals surface area contributed by atoms with E-state index in [4.69, 9.17) is 4.74 Å². The van der Waals surface area contributed by atoms with Crippen LogP contribution in [0.5, 0.6) is 5.88 Å². The number of carbonyl (C=O) groups is 1. The van der Waals surface area contributed by atoms with Crippen LogP contribution in [0.4, 0.5) is 21.6 Å². The minimum atomic E-state index is -0.982. The maximum absolute atomic E-state index is 13.1. The van der Waals surface area contributed by atoms with Crippen LogP contribution in [0.1, 0.15) is 16.9 Å². The predicted molar refractivity (Wildman–Crippen MR) is 96.3 cm³/mol. The smallest absolute Gasteiger partial charge is 0.271 e. The third kappa shape index (κ3) is 3.11. The maximum atomic E-state index is 13.1. The minimum absolute atomic E-state index is 0.224.